The fourth-order valence-corrected chi connectivity index (χ4v) is 3.32. The van der Waals surface area contributed by atoms with E-state index in [1.54, 1.807) is 11.3 Å². The summed E-state index contributed by atoms with van der Waals surface area (Å²) in [5.74, 6) is 0. The zero-order valence-electron chi connectivity index (χ0n) is 10.5. The molecule has 0 spiro atoms. The Morgan fingerprint density at radius 2 is 2.22 bits per heavy atom. The zero-order valence-corrected chi connectivity index (χ0v) is 11.3. The van der Waals surface area contributed by atoms with Gasteiger partial charge in [-0.3, -0.25) is 0 Å². The number of hydrogen-bond acceptors (Lipinski definition) is 4. The van der Waals surface area contributed by atoms with Crippen molar-refractivity contribution in [3.8, 4) is 10.6 Å². The summed E-state index contributed by atoms with van der Waals surface area (Å²) in [6.07, 6.45) is 3.52. The van der Waals surface area contributed by atoms with E-state index in [4.69, 9.17) is 10.7 Å². The highest BCUT2D eigenvalue weighted by Gasteiger charge is 2.16. The molecule has 2 heterocycles. The molecule has 0 amide bonds. The first-order valence-electron chi connectivity index (χ1n) is 6.34. The second kappa shape index (κ2) is 4.61. The van der Waals surface area contributed by atoms with Gasteiger partial charge in [-0.25, -0.2) is 4.98 Å². The highest BCUT2D eigenvalue weighted by Crippen LogP contribution is 2.36. The molecule has 0 fully saturated rings. The van der Waals surface area contributed by atoms with Crippen molar-refractivity contribution in [1.29, 1.82) is 0 Å². The fourth-order valence-electron chi connectivity index (χ4n) is 2.25. The van der Waals surface area contributed by atoms with Crippen molar-refractivity contribution < 1.29 is 0 Å². The summed E-state index contributed by atoms with van der Waals surface area (Å²) >= 11 is 1.72. The average Bonchev–Trinajstić information content (AvgIpc) is 2.63. The Labute approximate surface area is 111 Å². The third-order valence-corrected chi connectivity index (χ3v) is 4.35. The predicted molar refractivity (Wildman–Crippen MR) is 78.1 cm³/mol. The molecule has 3 N–H and O–H groups in total. The van der Waals surface area contributed by atoms with Crippen LogP contribution >= 0.6 is 11.3 Å². The largest absolute Gasteiger partial charge is 0.398 e. The van der Waals surface area contributed by atoms with Crippen molar-refractivity contribution in [3.05, 3.63) is 29.5 Å². The second-order valence-corrected chi connectivity index (χ2v) is 5.77. The lowest BCUT2D eigenvalue weighted by molar-refractivity contribution is 0.775. The molecule has 3 nitrogen and oxygen atoms in total. The number of nitrogens with zero attached hydrogens (tertiary/aromatic N) is 1. The number of anilines is 2. The molecule has 1 aromatic carbocycles. The van der Waals surface area contributed by atoms with Gasteiger partial charge in [0, 0.05) is 17.8 Å². The highest BCUT2D eigenvalue weighted by atomic mass is 32.1. The van der Waals surface area contributed by atoms with E-state index in [1.807, 2.05) is 12.1 Å². The van der Waals surface area contributed by atoms with Crippen molar-refractivity contribution >= 4 is 22.0 Å². The average molecular weight is 259 g/mol. The van der Waals surface area contributed by atoms with Crippen LogP contribution in [0.5, 0.6) is 0 Å². The van der Waals surface area contributed by atoms with E-state index in [0.717, 1.165) is 29.2 Å². The van der Waals surface area contributed by atoms with Gasteiger partial charge >= 0.3 is 0 Å². The van der Waals surface area contributed by atoms with E-state index in [2.05, 4.69) is 18.3 Å². The summed E-state index contributed by atoms with van der Waals surface area (Å²) in [6.45, 7) is 3.14. The second-order valence-electron chi connectivity index (χ2n) is 4.77. The van der Waals surface area contributed by atoms with Crippen LogP contribution < -0.4 is 11.1 Å². The summed E-state index contributed by atoms with van der Waals surface area (Å²) in [6, 6.07) is 6.12. The Morgan fingerprint density at radius 3 is 3.11 bits per heavy atom. The van der Waals surface area contributed by atoms with E-state index >= 15 is 0 Å². The van der Waals surface area contributed by atoms with Gasteiger partial charge in [-0.2, -0.15) is 0 Å². The van der Waals surface area contributed by atoms with Crippen molar-refractivity contribution in [1.82, 2.24) is 4.98 Å². The normalized spacial score (nSPS) is 14.7. The van der Waals surface area contributed by atoms with Crippen LogP contribution in [0.1, 0.15) is 24.1 Å². The summed E-state index contributed by atoms with van der Waals surface area (Å²) in [5.41, 5.74) is 10.4. The number of fused-ring (bicyclic) bond motifs is 1. The topological polar surface area (TPSA) is 50.9 Å². The molecule has 0 bridgehead atoms. The number of thiazole rings is 1. The maximum atomic E-state index is 6.06. The Morgan fingerprint density at radius 1 is 1.33 bits per heavy atom. The monoisotopic (exact) mass is 259 g/mol. The molecular formula is C14H17N3S. The van der Waals surface area contributed by atoms with Crippen molar-refractivity contribution in [2.45, 2.75) is 26.2 Å². The van der Waals surface area contributed by atoms with E-state index in [9.17, 15) is 0 Å². The lowest BCUT2D eigenvalue weighted by Gasteiger charge is -2.03. The molecule has 1 aliphatic heterocycles. The van der Waals surface area contributed by atoms with Crippen molar-refractivity contribution in [3.63, 3.8) is 0 Å². The van der Waals surface area contributed by atoms with Gasteiger partial charge < -0.3 is 11.1 Å². The van der Waals surface area contributed by atoms with Gasteiger partial charge in [-0.05, 0) is 38.3 Å². The molecule has 94 valence electrons. The van der Waals surface area contributed by atoms with Crippen LogP contribution in [0, 0.1) is 6.92 Å². The number of nitrogens with one attached hydrogen (secondary N) is 1. The molecule has 3 rings (SSSR count). The smallest absolute Gasteiger partial charge is 0.127 e. The Hall–Kier alpha value is -1.55. The van der Waals surface area contributed by atoms with Gasteiger partial charge in [0.05, 0.1) is 5.69 Å². The Bertz CT molecular complexity index is 551. The number of hydrogen-bond donors (Lipinski definition) is 2. The zero-order chi connectivity index (χ0) is 12.5. The molecule has 0 unspecified atom stereocenters. The summed E-state index contributed by atoms with van der Waals surface area (Å²) < 4.78 is 0. The minimum absolute atomic E-state index is 0.810. The van der Waals surface area contributed by atoms with Gasteiger partial charge in [0.2, 0.25) is 0 Å². The molecule has 0 saturated carbocycles. The molecule has 18 heavy (non-hydrogen) atoms. The first-order chi connectivity index (χ1) is 8.74. The SMILES string of the molecule is Cc1ccc(N)c(-c2nc3c(s2)NCCCC3)c1. The number of rotatable bonds is 1. The molecule has 4 heteroatoms. The predicted octanol–water partition coefficient (Wildman–Crippen LogP) is 3.45. The summed E-state index contributed by atoms with van der Waals surface area (Å²) in [7, 11) is 0. The van der Waals surface area contributed by atoms with Crippen molar-refractivity contribution in [2.75, 3.05) is 17.6 Å². The molecule has 0 radical (unpaired) electrons. The number of benzene rings is 1. The number of nitrogens with two attached hydrogens (primary N) is 1. The molecule has 1 aliphatic rings. The maximum Gasteiger partial charge on any atom is 0.127 e. The third-order valence-electron chi connectivity index (χ3n) is 3.26. The first-order valence-corrected chi connectivity index (χ1v) is 7.16. The molecule has 0 saturated heterocycles. The van der Waals surface area contributed by atoms with Gasteiger partial charge in [0.1, 0.15) is 10.0 Å². The van der Waals surface area contributed by atoms with E-state index in [1.165, 1.54) is 29.1 Å². The number of nitrogen functional groups attached to an aromatic ring is 1. The Balaban J connectivity index is 2.04. The maximum absolute atomic E-state index is 6.06. The first kappa shape index (κ1) is 11.5. The summed E-state index contributed by atoms with van der Waals surface area (Å²) in [4.78, 5) is 4.76. The van der Waals surface area contributed by atoms with Crippen LogP contribution in [0.2, 0.25) is 0 Å². The quantitative estimate of drug-likeness (QED) is 0.771. The minimum Gasteiger partial charge on any atom is -0.398 e. The van der Waals surface area contributed by atoms with Crippen LogP contribution in [0.15, 0.2) is 18.2 Å². The molecule has 0 atom stereocenters. The standard InChI is InChI=1S/C14H17N3S/c1-9-5-6-11(15)10(8-9)13-17-12-4-2-3-7-16-14(12)18-13/h5-6,8,16H,2-4,7,15H2,1H3. The molecular weight excluding hydrogens is 242 g/mol. The highest BCUT2D eigenvalue weighted by molar-refractivity contribution is 7.19. The fraction of sp³-hybridized carbons (Fsp3) is 0.357. The molecule has 2 aromatic rings. The van der Waals surface area contributed by atoms with Gasteiger partial charge in [-0.1, -0.05) is 23.0 Å². The van der Waals surface area contributed by atoms with E-state index in [0.29, 0.717) is 0 Å². The Kier molecular flexibility index (Phi) is 2.96. The van der Waals surface area contributed by atoms with Crippen LogP contribution in [-0.2, 0) is 6.42 Å². The van der Waals surface area contributed by atoms with Crippen LogP contribution in [0.3, 0.4) is 0 Å². The van der Waals surface area contributed by atoms with Crippen LogP contribution in [0.4, 0.5) is 10.7 Å². The third kappa shape index (κ3) is 2.08. The van der Waals surface area contributed by atoms with Crippen LogP contribution in [0.25, 0.3) is 10.6 Å². The summed E-state index contributed by atoms with van der Waals surface area (Å²) in [5, 5.41) is 5.73. The molecule has 1 aromatic heterocycles. The van der Waals surface area contributed by atoms with E-state index < -0.39 is 0 Å². The van der Waals surface area contributed by atoms with E-state index in [-0.39, 0.29) is 0 Å². The van der Waals surface area contributed by atoms with Gasteiger partial charge in [-0.15, -0.1) is 0 Å². The molecule has 0 aliphatic carbocycles. The van der Waals surface area contributed by atoms with Gasteiger partial charge in [0.25, 0.3) is 0 Å². The lowest BCUT2D eigenvalue weighted by atomic mass is 10.1. The number of aromatic nitrogens is 1. The minimum atomic E-state index is 0.810. The van der Waals surface area contributed by atoms with Crippen molar-refractivity contribution in [2.24, 2.45) is 0 Å². The number of aryl methyl sites for hydroxylation is 2. The lowest BCUT2D eigenvalue weighted by Crippen LogP contribution is -1.96. The van der Waals surface area contributed by atoms with Crippen LogP contribution in [-0.4, -0.2) is 11.5 Å². The van der Waals surface area contributed by atoms with Gasteiger partial charge in [0.15, 0.2) is 0 Å².